The number of nitrogens with zero attached hydrogens (tertiary/aromatic N) is 3. The number of piperidine rings is 1. The molecule has 1 aliphatic rings. The number of benzene rings is 3. The Morgan fingerprint density at radius 1 is 0.781 bits per heavy atom. The van der Waals surface area contributed by atoms with Gasteiger partial charge in [-0.25, -0.2) is 0 Å². The Morgan fingerprint density at radius 3 is 1.78 bits per heavy atom. The lowest BCUT2D eigenvalue weighted by atomic mass is 9.79. The summed E-state index contributed by atoms with van der Waals surface area (Å²) >= 11 is 0. The lowest BCUT2D eigenvalue weighted by molar-refractivity contribution is -0.385. The van der Waals surface area contributed by atoms with E-state index in [0.29, 0.717) is 0 Å². The monoisotopic (exact) mass is 431 g/mol. The smallest absolute Gasteiger partial charge is 0.269 e. The fourth-order valence-electron chi connectivity index (χ4n) is 4.37. The summed E-state index contributed by atoms with van der Waals surface area (Å²) < 4.78 is 0. The molecule has 3 atom stereocenters. The maximum atomic E-state index is 13.0. The Morgan fingerprint density at radius 2 is 1.28 bits per heavy atom. The average molecular weight is 431 g/mol. The fraction of sp³-hybridized carbons (Fsp3) is 0.208. The molecule has 3 aromatic rings. The molecule has 0 amide bonds. The van der Waals surface area contributed by atoms with Crippen molar-refractivity contribution in [3.63, 3.8) is 0 Å². The molecule has 0 saturated carbocycles. The van der Waals surface area contributed by atoms with Crippen molar-refractivity contribution in [2.45, 2.75) is 25.4 Å². The van der Waals surface area contributed by atoms with Gasteiger partial charge in [0.15, 0.2) is 0 Å². The second-order valence-corrected chi connectivity index (χ2v) is 7.86. The van der Waals surface area contributed by atoms with E-state index in [1.54, 1.807) is 24.3 Å². The molecule has 0 bridgehead atoms. The number of anilines is 1. The number of nitro benzene ring substituents is 2. The van der Waals surface area contributed by atoms with Gasteiger partial charge in [-0.1, -0.05) is 49.4 Å². The fourth-order valence-corrected chi connectivity index (χ4v) is 4.37. The molecule has 0 spiro atoms. The number of hydrogen-bond acceptors (Lipinski definition) is 6. The van der Waals surface area contributed by atoms with Gasteiger partial charge in [0.1, 0.15) is 5.78 Å². The molecule has 0 radical (unpaired) electrons. The van der Waals surface area contributed by atoms with Crippen LogP contribution in [0.15, 0.2) is 78.9 Å². The first-order chi connectivity index (χ1) is 15.4. The van der Waals surface area contributed by atoms with Gasteiger partial charge in [-0.2, -0.15) is 0 Å². The topological polar surface area (TPSA) is 107 Å². The Balaban J connectivity index is 1.83. The second-order valence-electron chi connectivity index (χ2n) is 7.86. The second kappa shape index (κ2) is 8.58. The number of nitro groups is 2. The highest BCUT2D eigenvalue weighted by Gasteiger charge is 2.41. The van der Waals surface area contributed by atoms with Gasteiger partial charge < -0.3 is 4.90 Å². The molecule has 1 fully saturated rings. The molecule has 1 saturated heterocycles. The van der Waals surface area contributed by atoms with Crippen molar-refractivity contribution in [1.29, 1.82) is 0 Å². The summed E-state index contributed by atoms with van der Waals surface area (Å²) in [5.41, 5.74) is 2.47. The summed E-state index contributed by atoms with van der Waals surface area (Å²) in [6, 6.07) is 21.5. The largest absolute Gasteiger partial charge is 0.356 e. The molecular formula is C24H21N3O5. The van der Waals surface area contributed by atoms with E-state index in [0.717, 1.165) is 16.8 Å². The summed E-state index contributed by atoms with van der Waals surface area (Å²) in [7, 11) is 0. The highest BCUT2D eigenvalue weighted by Crippen LogP contribution is 2.46. The van der Waals surface area contributed by atoms with E-state index >= 15 is 0 Å². The van der Waals surface area contributed by atoms with E-state index in [4.69, 9.17) is 0 Å². The Bertz CT molecular complexity index is 1150. The van der Waals surface area contributed by atoms with Gasteiger partial charge in [-0.05, 0) is 23.3 Å². The first kappa shape index (κ1) is 21.2. The van der Waals surface area contributed by atoms with Crippen molar-refractivity contribution < 1.29 is 14.6 Å². The van der Waals surface area contributed by atoms with E-state index in [2.05, 4.69) is 4.90 Å². The Hall–Kier alpha value is -4.07. The zero-order chi connectivity index (χ0) is 22.8. The highest BCUT2D eigenvalue weighted by molar-refractivity contribution is 5.85. The molecule has 8 nitrogen and oxygen atoms in total. The summed E-state index contributed by atoms with van der Waals surface area (Å²) in [4.78, 5) is 36.5. The summed E-state index contributed by atoms with van der Waals surface area (Å²) in [5.74, 6) is -0.269. The summed E-state index contributed by atoms with van der Waals surface area (Å²) in [5, 5.41) is 22.2. The van der Waals surface area contributed by atoms with Gasteiger partial charge in [0, 0.05) is 42.3 Å². The van der Waals surface area contributed by atoms with Crippen molar-refractivity contribution in [3.8, 4) is 0 Å². The Labute approximate surface area is 184 Å². The SMILES string of the molecule is C[C@H]1C(=O)C[C@@H](c2ccc([N+](=O)[O-])cc2)N(c2ccccc2)[C@H]1c1ccc([N+](=O)[O-])cc1. The number of hydrogen-bond donors (Lipinski definition) is 0. The van der Waals surface area contributed by atoms with Gasteiger partial charge in [0.25, 0.3) is 11.4 Å². The van der Waals surface area contributed by atoms with Crippen LogP contribution in [0.4, 0.5) is 17.1 Å². The highest BCUT2D eigenvalue weighted by atomic mass is 16.6. The number of carbonyl (C=O) groups is 1. The maximum absolute atomic E-state index is 13.0. The quantitative estimate of drug-likeness (QED) is 0.395. The molecule has 0 aromatic heterocycles. The van der Waals surface area contributed by atoms with Gasteiger partial charge in [-0.15, -0.1) is 0 Å². The lowest BCUT2D eigenvalue weighted by Crippen LogP contribution is -2.45. The van der Waals surface area contributed by atoms with Crippen LogP contribution in [0.2, 0.25) is 0 Å². The van der Waals surface area contributed by atoms with Crippen molar-refractivity contribution in [1.82, 2.24) is 0 Å². The summed E-state index contributed by atoms with van der Waals surface area (Å²) in [6.45, 7) is 1.87. The predicted molar refractivity (Wildman–Crippen MR) is 119 cm³/mol. The molecule has 8 heteroatoms. The molecule has 0 aliphatic carbocycles. The van der Waals surface area contributed by atoms with Crippen LogP contribution in [0.5, 0.6) is 0 Å². The van der Waals surface area contributed by atoms with Crippen LogP contribution in [-0.2, 0) is 4.79 Å². The van der Waals surface area contributed by atoms with Crippen LogP contribution >= 0.6 is 0 Å². The van der Waals surface area contributed by atoms with Crippen LogP contribution in [0, 0.1) is 26.1 Å². The van der Waals surface area contributed by atoms with Crippen molar-refractivity contribution in [3.05, 3.63) is 110 Å². The minimum atomic E-state index is -0.452. The van der Waals surface area contributed by atoms with Gasteiger partial charge >= 0.3 is 0 Å². The van der Waals surface area contributed by atoms with Gasteiger partial charge in [0.2, 0.25) is 0 Å². The number of ketones is 1. The molecule has 162 valence electrons. The molecule has 3 aromatic carbocycles. The molecule has 32 heavy (non-hydrogen) atoms. The minimum absolute atomic E-state index is 0.0116. The van der Waals surface area contributed by atoms with Crippen LogP contribution < -0.4 is 4.90 Å². The zero-order valence-electron chi connectivity index (χ0n) is 17.3. The molecule has 0 unspecified atom stereocenters. The first-order valence-corrected chi connectivity index (χ1v) is 10.2. The zero-order valence-corrected chi connectivity index (χ0v) is 17.3. The lowest BCUT2D eigenvalue weighted by Gasteiger charge is -2.46. The van der Waals surface area contributed by atoms with Gasteiger partial charge in [-0.3, -0.25) is 25.0 Å². The molecule has 1 heterocycles. The number of Topliss-reactive ketones (excluding diaryl/α,β-unsaturated/α-hetero) is 1. The third-order valence-corrected chi connectivity index (χ3v) is 6.00. The van der Waals surface area contributed by atoms with E-state index in [1.165, 1.54) is 24.3 Å². The van der Waals surface area contributed by atoms with Crippen molar-refractivity contribution in [2.24, 2.45) is 5.92 Å². The number of non-ortho nitro benzene ring substituents is 2. The molecule has 0 N–H and O–H groups in total. The van der Waals surface area contributed by atoms with Crippen LogP contribution in [-0.4, -0.2) is 15.6 Å². The number of rotatable bonds is 5. The third kappa shape index (κ3) is 3.94. The van der Waals surface area contributed by atoms with E-state index < -0.39 is 9.85 Å². The van der Waals surface area contributed by atoms with Crippen molar-refractivity contribution >= 4 is 22.8 Å². The van der Waals surface area contributed by atoms with E-state index in [9.17, 15) is 25.0 Å². The van der Waals surface area contributed by atoms with Crippen LogP contribution in [0.25, 0.3) is 0 Å². The van der Waals surface area contributed by atoms with E-state index in [-0.39, 0.29) is 41.6 Å². The van der Waals surface area contributed by atoms with Crippen LogP contribution in [0.1, 0.15) is 36.6 Å². The first-order valence-electron chi connectivity index (χ1n) is 10.2. The molecular weight excluding hydrogens is 410 g/mol. The average Bonchev–Trinajstić information content (AvgIpc) is 2.81. The third-order valence-electron chi connectivity index (χ3n) is 6.00. The number of para-hydroxylation sites is 1. The molecule has 1 aliphatic heterocycles. The minimum Gasteiger partial charge on any atom is -0.356 e. The Kier molecular flexibility index (Phi) is 5.68. The van der Waals surface area contributed by atoms with Crippen molar-refractivity contribution in [2.75, 3.05) is 4.90 Å². The summed E-state index contributed by atoms with van der Waals surface area (Å²) in [6.07, 6.45) is 0.261. The maximum Gasteiger partial charge on any atom is 0.269 e. The van der Waals surface area contributed by atoms with E-state index in [1.807, 2.05) is 37.3 Å². The normalized spacial score (nSPS) is 20.7. The number of carbonyl (C=O) groups excluding carboxylic acids is 1. The van der Waals surface area contributed by atoms with Crippen LogP contribution in [0.3, 0.4) is 0 Å². The van der Waals surface area contributed by atoms with Gasteiger partial charge in [0.05, 0.1) is 21.9 Å². The standard InChI is InChI=1S/C24H21N3O5/c1-16-23(28)15-22(17-7-11-20(12-8-17)26(29)30)25(19-5-3-2-4-6-19)24(16)18-9-13-21(14-10-18)27(31)32/h2-14,16,22,24H,15H2,1H3/t16-,22-,24+/m0/s1. The predicted octanol–water partition coefficient (Wildman–Crippen LogP) is 5.40. The molecule has 4 rings (SSSR count).